The Kier molecular flexibility index (Phi) is 4.92. The molecule has 1 aliphatic rings. The minimum atomic E-state index is -0.266. The third-order valence-corrected chi connectivity index (χ3v) is 4.94. The molecular weight excluding hydrogens is 265 g/mol. The Bertz CT molecular complexity index is 469. The number of aliphatic hydroxyl groups is 1. The van der Waals surface area contributed by atoms with Gasteiger partial charge in [-0.3, -0.25) is 0 Å². The number of halogens is 1. The van der Waals surface area contributed by atoms with E-state index in [4.69, 9.17) is 0 Å². The summed E-state index contributed by atoms with van der Waals surface area (Å²) in [5.41, 5.74) is 0.886. The van der Waals surface area contributed by atoms with Crippen molar-refractivity contribution < 1.29 is 9.50 Å². The smallest absolute Gasteiger partial charge is 0.146 e. The summed E-state index contributed by atoms with van der Waals surface area (Å²) in [7, 11) is 1.91. The van der Waals surface area contributed by atoms with Crippen LogP contribution in [0.15, 0.2) is 24.3 Å². The molecule has 0 saturated heterocycles. The first-order valence-electron chi connectivity index (χ1n) is 7.92. The largest absolute Gasteiger partial charge is 0.393 e. The Morgan fingerprint density at radius 1 is 1.24 bits per heavy atom. The van der Waals surface area contributed by atoms with Gasteiger partial charge in [-0.05, 0) is 42.7 Å². The Balaban J connectivity index is 2.05. The highest BCUT2D eigenvalue weighted by atomic mass is 19.1. The van der Waals surface area contributed by atoms with Crippen LogP contribution in [0.1, 0.15) is 40.0 Å². The fourth-order valence-electron chi connectivity index (χ4n) is 3.44. The Morgan fingerprint density at radius 3 is 2.52 bits per heavy atom. The summed E-state index contributed by atoms with van der Waals surface area (Å²) in [6.45, 7) is 7.52. The molecule has 1 aromatic rings. The van der Waals surface area contributed by atoms with E-state index in [1.165, 1.54) is 6.07 Å². The predicted molar refractivity (Wildman–Crippen MR) is 86.0 cm³/mol. The molecule has 1 aliphatic carbocycles. The molecule has 3 atom stereocenters. The van der Waals surface area contributed by atoms with Crippen LogP contribution in [0.2, 0.25) is 0 Å². The first-order valence-corrected chi connectivity index (χ1v) is 7.92. The SMILES string of the molecule is CN(CC1CC(C(C)(C)C)CCC1O)c1ccccc1F. The van der Waals surface area contributed by atoms with Gasteiger partial charge < -0.3 is 10.0 Å². The standard InChI is InChI=1S/C18H28FNO/c1-18(2,3)14-9-10-17(21)13(11-14)12-20(4)16-8-6-5-7-15(16)19/h5-8,13-14,17,21H,9-12H2,1-4H3. The molecule has 3 unspecified atom stereocenters. The molecule has 0 aromatic heterocycles. The van der Waals surface area contributed by atoms with Crippen molar-refractivity contribution in [1.29, 1.82) is 0 Å². The Labute approximate surface area is 128 Å². The van der Waals surface area contributed by atoms with Gasteiger partial charge in [0.15, 0.2) is 0 Å². The summed E-state index contributed by atoms with van der Waals surface area (Å²) >= 11 is 0. The molecule has 0 amide bonds. The molecule has 118 valence electrons. The highest BCUT2D eigenvalue weighted by molar-refractivity contribution is 5.46. The van der Waals surface area contributed by atoms with Gasteiger partial charge in [-0.15, -0.1) is 0 Å². The molecular formula is C18H28FNO. The summed E-state index contributed by atoms with van der Waals surface area (Å²) in [6.07, 6.45) is 2.70. The van der Waals surface area contributed by atoms with Crippen molar-refractivity contribution in [3.63, 3.8) is 0 Å². The van der Waals surface area contributed by atoms with E-state index in [0.717, 1.165) is 19.3 Å². The van der Waals surface area contributed by atoms with Crippen LogP contribution in [-0.4, -0.2) is 24.8 Å². The van der Waals surface area contributed by atoms with E-state index in [1.54, 1.807) is 12.1 Å². The number of anilines is 1. The lowest BCUT2D eigenvalue weighted by Gasteiger charge is -2.41. The zero-order valence-electron chi connectivity index (χ0n) is 13.6. The minimum Gasteiger partial charge on any atom is -0.393 e. The van der Waals surface area contributed by atoms with E-state index in [2.05, 4.69) is 20.8 Å². The summed E-state index contributed by atoms with van der Waals surface area (Å²) in [4.78, 5) is 1.94. The van der Waals surface area contributed by atoms with Gasteiger partial charge in [0.25, 0.3) is 0 Å². The predicted octanol–water partition coefficient (Wildman–Crippen LogP) is 4.09. The van der Waals surface area contributed by atoms with Crippen LogP contribution in [0, 0.1) is 23.1 Å². The van der Waals surface area contributed by atoms with Gasteiger partial charge in [0, 0.05) is 19.5 Å². The van der Waals surface area contributed by atoms with Crippen LogP contribution in [-0.2, 0) is 0 Å². The highest BCUT2D eigenvalue weighted by Gasteiger charge is 2.35. The molecule has 0 bridgehead atoms. The van der Waals surface area contributed by atoms with Crippen molar-refractivity contribution in [2.75, 3.05) is 18.5 Å². The Morgan fingerprint density at radius 2 is 1.90 bits per heavy atom. The molecule has 1 aromatic carbocycles. The maximum atomic E-state index is 13.9. The molecule has 0 aliphatic heterocycles. The second kappa shape index (κ2) is 6.35. The molecule has 0 spiro atoms. The van der Waals surface area contributed by atoms with Crippen LogP contribution < -0.4 is 4.90 Å². The van der Waals surface area contributed by atoms with E-state index in [0.29, 0.717) is 18.2 Å². The topological polar surface area (TPSA) is 23.5 Å². The first-order chi connectivity index (χ1) is 9.79. The highest BCUT2D eigenvalue weighted by Crippen LogP contribution is 2.40. The van der Waals surface area contributed by atoms with E-state index in [1.807, 2.05) is 18.0 Å². The van der Waals surface area contributed by atoms with Gasteiger partial charge in [-0.2, -0.15) is 0 Å². The molecule has 0 radical (unpaired) electrons. The number of rotatable bonds is 3. The summed E-state index contributed by atoms with van der Waals surface area (Å²) in [6, 6.07) is 6.84. The summed E-state index contributed by atoms with van der Waals surface area (Å²) in [5.74, 6) is 0.644. The van der Waals surface area contributed by atoms with Gasteiger partial charge in [-0.1, -0.05) is 32.9 Å². The third kappa shape index (κ3) is 3.97. The maximum absolute atomic E-state index is 13.9. The number of para-hydroxylation sites is 1. The third-order valence-electron chi connectivity index (χ3n) is 4.94. The fourth-order valence-corrected chi connectivity index (χ4v) is 3.44. The van der Waals surface area contributed by atoms with Crippen molar-refractivity contribution in [3.05, 3.63) is 30.1 Å². The summed E-state index contributed by atoms with van der Waals surface area (Å²) < 4.78 is 13.9. The molecule has 0 heterocycles. The zero-order chi connectivity index (χ0) is 15.6. The van der Waals surface area contributed by atoms with Gasteiger partial charge in [0.05, 0.1) is 11.8 Å². The monoisotopic (exact) mass is 293 g/mol. The lowest BCUT2D eigenvalue weighted by atomic mass is 9.68. The van der Waals surface area contributed by atoms with Gasteiger partial charge in [0.1, 0.15) is 5.82 Å². The van der Waals surface area contributed by atoms with Crippen LogP contribution in [0.4, 0.5) is 10.1 Å². The van der Waals surface area contributed by atoms with Crippen LogP contribution in [0.25, 0.3) is 0 Å². The van der Waals surface area contributed by atoms with Crippen molar-refractivity contribution >= 4 is 5.69 Å². The molecule has 21 heavy (non-hydrogen) atoms. The lowest BCUT2D eigenvalue weighted by Crippen LogP contribution is -2.40. The van der Waals surface area contributed by atoms with Crippen molar-refractivity contribution in [3.8, 4) is 0 Å². The quantitative estimate of drug-likeness (QED) is 0.907. The van der Waals surface area contributed by atoms with Gasteiger partial charge in [-0.25, -0.2) is 4.39 Å². The van der Waals surface area contributed by atoms with Gasteiger partial charge >= 0.3 is 0 Å². The molecule has 2 nitrogen and oxygen atoms in total. The van der Waals surface area contributed by atoms with Crippen molar-refractivity contribution in [2.24, 2.45) is 17.3 Å². The Hall–Kier alpha value is -1.09. The number of hydrogen-bond donors (Lipinski definition) is 1. The minimum absolute atomic E-state index is 0.197. The molecule has 1 N–H and O–H groups in total. The average Bonchev–Trinajstić information content (AvgIpc) is 2.40. The van der Waals surface area contributed by atoms with E-state index in [9.17, 15) is 9.50 Å². The zero-order valence-corrected chi connectivity index (χ0v) is 13.6. The number of benzene rings is 1. The maximum Gasteiger partial charge on any atom is 0.146 e. The fraction of sp³-hybridized carbons (Fsp3) is 0.667. The van der Waals surface area contributed by atoms with Gasteiger partial charge in [0.2, 0.25) is 0 Å². The second-order valence-electron chi connectivity index (χ2n) is 7.54. The van der Waals surface area contributed by atoms with E-state index < -0.39 is 0 Å². The van der Waals surface area contributed by atoms with E-state index in [-0.39, 0.29) is 23.3 Å². The number of aliphatic hydroxyl groups excluding tert-OH is 1. The van der Waals surface area contributed by atoms with Crippen LogP contribution >= 0.6 is 0 Å². The van der Waals surface area contributed by atoms with Crippen LogP contribution in [0.5, 0.6) is 0 Å². The van der Waals surface area contributed by atoms with Crippen molar-refractivity contribution in [2.45, 2.75) is 46.1 Å². The second-order valence-corrected chi connectivity index (χ2v) is 7.54. The number of nitrogens with zero attached hydrogens (tertiary/aromatic N) is 1. The number of hydrogen-bond acceptors (Lipinski definition) is 2. The normalized spacial score (nSPS) is 26.7. The molecule has 3 heteroatoms. The van der Waals surface area contributed by atoms with Crippen molar-refractivity contribution in [1.82, 2.24) is 0 Å². The summed E-state index contributed by atoms with van der Waals surface area (Å²) in [5, 5.41) is 10.3. The van der Waals surface area contributed by atoms with E-state index >= 15 is 0 Å². The lowest BCUT2D eigenvalue weighted by molar-refractivity contribution is 0.0228. The molecule has 1 saturated carbocycles. The van der Waals surface area contributed by atoms with Crippen LogP contribution in [0.3, 0.4) is 0 Å². The molecule has 2 rings (SSSR count). The first kappa shape index (κ1) is 16.3. The average molecular weight is 293 g/mol. The molecule has 1 fully saturated rings.